The van der Waals surface area contributed by atoms with Gasteiger partial charge < -0.3 is 5.73 Å². The van der Waals surface area contributed by atoms with Crippen molar-refractivity contribution in [1.29, 1.82) is 0 Å². The number of aryl methyl sites for hydroxylation is 2. The van der Waals surface area contributed by atoms with E-state index in [0.29, 0.717) is 6.04 Å². The molecule has 3 heteroatoms. The van der Waals surface area contributed by atoms with Gasteiger partial charge in [0.2, 0.25) is 0 Å². The first kappa shape index (κ1) is 15.0. The first-order chi connectivity index (χ1) is 9.10. The smallest absolute Gasteiger partial charge is 0.0247 e. The number of thiophene rings is 1. The minimum absolute atomic E-state index is 0.449. The predicted molar refractivity (Wildman–Crippen MR) is 84.7 cm³/mol. The monoisotopic (exact) mass is 280 g/mol. The van der Waals surface area contributed by atoms with E-state index in [4.69, 9.17) is 5.73 Å². The van der Waals surface area contributed by atoms with E-state index >= 15 is 0 Å². The molecule has 2 nitrogen and oxygen atoms in total. The predicted octanol–water partition coefficient (Wildman–Crippen LogP) is 3.85. The highest BCUT2D eigenvalue weighted by Gasteiger charge is 2.24. The molecule has 0 bridgehead atoms. The van der Waals surface area contributed by atoms with Gasteiger partial charge in [0.05, 0.1) is 0 Å². The number of nitrogens with zero attached hydrogens (tertiary/aromatic N) is 1. The molecule has 1 aliphatic rings. The highest BCUT2D eigenvalue weighted by Crippen LogP contribution is 2.27. The lowest BCUT2D eigenvalue weighted by Crippen LogP contribution is -2.40. The summed E-state index contributed by atoms with van der Waals surface area (Å²) in [5, 5.41) is 0. The summed E-state index contributed by atoms with van der Waals surface area (Å²) in [6.07, 6.45) is 6.20. The average molecular weight is 280 g/mol. The van der Waals surface area contributed by atoms with Gasteiger partial charge >= 0.3 is 0 Å². The van der Waals surface area contributed by atoms with E-state index < -0.39 is 0 Å². The SMILES string of the molecule is CCCN(Cc1cc(C)sc1C)C1CCC(N)CC1. The first-order valence-corrected chi connectivity index (χ1v) is 8.47. The van der Waals surface area contributed by atoms with Gasteiger partial charge in [0.15, 0.2) is 0 Å². The molecule has 0 aliphatic heterocycles. The quantitative estimate of drug-likeness (QED) is 0.887. The van der Waals surface area contributed by atoms with E-state index in [1.54, 1.807) is 0 Å². The molecule has 19 heavy (non-hydrogen) atoms. The van der Waals surface area contributed by atoms with Crippen LogP contribution in [-0.4, -0.2) is 23.5 Å². The van der Waals surface area contributed by atoms with Crippen molar-refractivity contribution in [2.75, 3.05) is 6.54 Å². The van der Waals surface area contributed by atoms with E-state index in [1.807, 2.05) is 11.3 Å². The van der Waals surface area contributed by atoms with Crippen LogP contribution >= 0.6 is 11.3 Å². The van der Waals surface area contributed by atoms with E-state index in [9.17, 15) is 0 Å². The van der Waals surface area contributed by atoms with Gasteiger partial charge in [-0.15, -0.1) is 11.3 Å². The van der Waals surface area contributed by atoms with Crippen molar-refractivity contribution in [2.24, 2.45) is 5.73 Å². The molecule has 2 N–H and O–H groups in total. The fourth-order valence-corrected chi connectivity index (χ4v) is 4.14. The summed E-state index contributed by atoms with van der Waals surface area (Å²) >= 11 is 1.93. The molecule has 0 amide bonds. The summed E-state index contributed by atoms with van der Waals surface area (Å²) in [6.45, 7) is 9.10. The van der Waals surface area contributed by atoms with Crippen LogP contribution in [0.2, 0.25) is 0 Å². The second-order valence-electron chi connectivity index (χ2n) is 5.98. The van der Waals surface area contributed by atoms with Gasteiger partial charge in [0, 0.05) is 28.4 Å². The fraction of sp³-hybridized carbons (Fsp3) is 0.750. The second-order valence-corrected chi connectivity index (χ2v) is 7.44. The Kier molecular flexibility index (Phi) is 5.43. The highest BCUT2D eigenvalue weighted by molar-refractivity contribution is 7.12. The summed E-state index contributed by atoms with van der Waals surface area (Å²) in [6, 6.07) is 3.57. The Morgan fingerprint density at radius 1 is 1.26 bits per heavy atom. The van der Waals surface area contributed by atoms with Crippen molar-refractivity contribution in [3.63, 3.8) is 0 Å². The molecule has 2 rings (SSSR count). The van der Waals surface area contributed by atoms with Gasteiger partial charge in [-0.1, -0.05) is 6.92 Å². The third-order valence-electron chi connectivity index (χ3n) is 4.29. The van der Waals surface area contributed by atoms with Crippen LogP contribution in [0.25, 0.3) is 0 Å². The molecule has 0 atom stereocenters. The Hall–Kier alpha value is -0.380. The molecule has 0 unspecified atom stereocenters. The van der Waals surface area contributed by atoms with E-state index in [0.717, 1.165) is 12.6 Å². The topological polar surface area (TPSA) is 29.3 Å². The summed E-state index contributed by atoms with van der Waals surface area (Å²) in [7, 11) is 0. The Morgan fingerprint density at radius 2 is 1.95 bits per heavy atom. The number of nitrogens with two attached hydrogens (primary N) is 1. The van der Waals surface area contributed by atoms with Crippen LogP contribution in [0.3, 0.4) is 0 Å². The van der Waals surface area contributed by atoms with Crippen LogP contribution in [0.5, 0.6) is 0 Å². The lowest BCUT2D eigenvalue weighted by atomic mass is 9.90. The Labute approximate surface area is 122 Å². The Morgan fingerprint density at radius 3 is 2.47 bits per heavy atom. The minimum atomic E-state index is 0.449. The van der Waals surface area contributed by atoms with E-state index in [1.165, 1.54) is 54.0 Å². The van der Waals surface area contributed by atoms with Crippen LogP contribution in [0.15, 0.2) is 6.07 Å². The zero-order valence-electron chi connectivity index (χ0n) is 12.6. The molecule has 1 fully saturated rings. The molecule has 1 aromatic heterocycles. The maximum Gasteiger partial charge on any atom is 0.0247 e. The number of hydrogen-bond donors (Lipinski definition) is 1. The van der Waals surface area contributed by atoms with Crippen LogP contribution in [-0.2, 0) is 6.54 Å². The summed E-state index contributed by atoms with van der Waals surface area (Å²) < 4.78 is 0. The lowest BCUT2D eigenvalue weighted by Gasteiger charge is -2.36. The standard InChI is InChI=1S/C16H28N2S/c1-4-9-18(16-7-5-15(17)6-8-16)11-14-10-12(2)19-13(14)3/h10,15-16H,4-9,11,17H2,1-3H3. The van der Waals surface area contributed by atoms with E-state index in [-0.39, 0.29) is 0 Å². The third-order valence-corrected chi connectivity index (χ3v) is 5.29. The van der Waals surface area contributed by atoms with Crippen LogP contribution in [0.1, 0.15) is 54.3 Å². The van der Waals surface area contributed by atoms with Gasteiger partial charge in [-0.05, 0) is 64.1 Å². The van der Waals surface area contributed by atoms with Crippen molar-refractivity contribution in [1.82, 2.24) is 4.90 Å². The third kappa shape index (κ3) is 4.04. The molecular formula is C16H28N2S. The minimum Gasteiger partial charge on any atom is -0.328 e. The van der Waals surface area contributed by atoms with Gasteiger partial charge in [-0.2, -0.15) is 0 Å². The summed E-state index contributed by atoms with van der Waals surface area (Å²) in [4.78, 5) is 5.63. The Bertz CT molecular complexity index is 391. The van der Waals surface area contributed by atoms with Crippen molar-refractivity contribution in [2.45, 2.75) is 71.5 Å². The van der Waals surface area contributed by atoms with Gasteiger partial charge in [-0.3, -0.25) is 4.90 Å². The van der Waals surface area contributed by atoms with Crippen LogP contribution < -0.4 is 5.73 Å². The summed E-state index contributed by atoms with van der Waals surface area (Å²) in [5.74, 6) is 0. The number of hydrogen-bond acceptors (Lipinski definition) is 3. The first-order valence-electron chi connectivity index (χ1n) is 7.65. The molecule has 1 aromatic rings. The van der Waals surface area contributed by atoms with Gasteiger partial charge in [0.1, 0.15) is 0 Å². The normalized spacial score (nSPS) is 24.1. The highest BCUT2D eigenvalue weighted by atomic mass is 32.1. The molecule has 0 radical (unpaired) electrons. The van der Waals surface area contributed by atoms with Crippen LogP contribution in [0.4, 0.5) is 0 Å². The molecule has 1 aliphatic carbocycles. The lowest BCUT2D eigenvalue weighted by molar-refractivity contribution is 0.142. The number of rotatable bonds is 5. The maximum atomic E-state index is 6.03. The maximum absolute atomic E-state index is 6.03. The van der Waals surface area contributed by atoms with Crippen molar-refractivity contribution in [3.05, 3.63) is 21.4 Å². The molecule has 0 aromatic carbocycles. The largest absolute Gasteiger partial charge is 0.328 e. The zero-order valence-corrected chi connectivity index (χ0v) is 13.4. The second kappa shape index (κ2) is 6.87. The van der Waals surface area contributed by atoms with Crippen LogP contribution in [0, 0.1) is 13.8 Å². The average Bonchev–Trinajstić information content (AvgIpc) is 2.68. The van der Waals surface area contributed by atoms with Crippen molar-refractivity contribution >= 4 is 11.3 Å². The molecule has 0 saturated heterocycles. The molecular weight excluding hydrogens is 252 g/mol. The van der Waals surface area contributed by atoms with E-state index in [2.05, 4.69) is 31.7 Å². The fourth-order valence-electron chi connectivity index (χ4n) is 3.20. The molecule has 108 valence electrons. The Balaban J connectivity index is 2.01. The summed E-state index contributed by atoms with van der Waals surface area (Å²) in [5.41, 5.74) is 7.57. The van der Waals surface area contributed by atoms with Gasteiger partial charge in [-0.25, -0.2) is 0 Å². The van der Waals surface area contributed by atoms with Gasteiger partial charge in [0.25, 0.3) is 0 Å². The van der Waals surface area contributed by atoms with Crippen molar-refractivity contribution < 1.29 is 0 Å². The molecule has 0 spiro atoms. The van der Waals surface area contributed by atoms with Crippen molar-refractivity contribution in [3.8, 4) is 0 Å². The zero-order chi connectivity index (χ0) is 13.8. The molecule has 1 saturated carbocycles. The molecule has 1 heterocycles.